The summed E-state index contributed by atoms with van der Waals surface area (Å²) in [5, 5.41) is 5.04. The van der Waals surface area contributed by atoms with E-state index in [0.717, 1.165) is 32.7 Å². The lowest BCUT2D eigenvalue weighted by Gasteiger charge is -2.45. The van der Waals surface area contributed by atoms with Gasteiger partial charge in [0.05, 0.1) is 24.1 Å². The summed E-state index contributed by atoms with van der Waals surface area (Å²) in [6.45, 7) is 5.19. The quantitative estimate of drug-likeness (QED) is 0.845. The lowest BCUT2D eigenvalue weighted by Crippen LogP contribution is -2.57. The maximum Gasteiger partial charge on any atom is 0.0857 e. The number of aromatic nitrogens is 2. The van der Waals surface area contributed by atoms with Crippen LogP contribution >= 0.6 is 0 Å². The van der Waals surface area contributed by atoms with Crippen LogP contribution in [0.3, 0.4) is 0 Å². The van der Waals surface area contributed by atoms with Crippen molar-refractivity contribution < 1.29 is 4.74 Å². The molecule has 0 saturated carbocycles. The SMILES string of the molecule is CN(Cc1nn(-c2ccccc2)c2c1CCC2)C1CCN2CCOC1C2. The minimum Gasteiger partial charge on any atom is -0.374 e. The number of para-hydroxylation sites is 1. The van der Waals surface area contributed by atoms with E-state index in [1.165, 1.54) is 48.4 Å². The second kappa shape index (κ2) is 6.80. The zero-order chi connectivity index (χ0) is 17.5. The Balaban J connectivity index is 1.39. The molecule has 2 saturated heterocycles. The molecule has 1 aromatic carbocycles. The third-order valence-electron chi connectivity index (χ3n) is 6.33. The molecular weight excluding hydrogens is 324 g/mol. The molecule has 1 aromatic heterocycles. The van der Waals surface area contributed by atoms with E-state index in [0.29, 0.717) is 12.1 Å². The van der Waals surface area contributed by atoms with Crippen LogP contribution in [-0.2, 0) is 24.1 Å². The lowest BCUT2D eigenvalue weighted by atomic mass is 9.98. The van der Waals surface area contributed by atoms with Crippen molar-refractivity contribution in [3.05, 3.63) is 47.3 Å². The molecule has 1 aliphatic carbocycles. The van der Waals surface area contributed by atoms with Crippen molar-refractivity contribution in [3.8, 4) is 5.69 Å². The van der Waals surface area contributed by atoms with Gasteiger partial charge in [0.15, 0.2) is 0 Å². The maximum absolute atomic E-state index is 6.08. The molecule has 138 valence electrons. The average molecular weight is 352 g/mol. The van der Waals surface area contributed by atoms with Crippen LogP contribution in [-0.4, -0.2) is 65.0 Å². The summed E-state index contributed by atoms with van der Waals surface area (Å²) in [4.78, 5) is 5.03. The third kappa shape index (κ3) is 2.88. The van der Waals surface area contributed by atoms with Crippen LogP contribution in [0.2, 0.25) is 0 Å². The maximum atomic E-state index is 6.08. The van der Waals surface area contributed by atoms with Gasteiger partial charge in [-0.05, 0) is 57.0 Å². The van der Waals surface area contributed by atoms with E-state index in [1.54, 1.807) is 0 Å². The molecule has 0 amide bonds. The van der Waals surface area contributed by atoms with Crippen molar-refractivity contribution in [2.45, 2.75) is 44.4 Å². The number of likely N-dealkylation sites (N-methyl/N-ethyl adjacent to an activating group) is 1. The molecular formula is C21H28N4O. The van der Waals surface area contributed by atoms with Crippen LogP contribution in [0, 0.1) is 0 Å². The Morgan fingerprint density at radius 3 is 2.96 bits per heavy atom. The number of fused-ring (bicyclic) bond motifs is 3. The second-order valence-electron chi connectivity index (χ2n) is 7.95. The van der Waals surface area contributed by atoms with E-state index in [2.05, 4.69) is 51.9 Å². The molecule has 0 spiro atoms. The van der Waals surface area contributed by atoms with Crippen molar-refractivity contribution in [3.63, 3.8) is 0 Å². The number of morpholine rings is 1. The van der Waals surface area contributed by atoms with E-state index >= 15 is 0 Å². The van der Waals surface area contributed by atoms with Crippen LogP contribution in [0.15, 0.2) is 30.3 Å². The van der Waals surface area contributed by atoms with Crippen molar-refractivity contribution >= 4 is 0 Å². The first kappa shape index (κ1) is 16.5. The fourth-order valence-electron chi connectivity index (χ4n) is 4.95. The zero-order valence-electron chi connectivity index (χ0n) is 15.6. The highest BCUT2D eigenvalue weighted by Crippen LogP contribution is 2.30. The largest absolute Gasteiger partial charge is 0.374 e. The molecule has 3 atom stereocenters. The summed E-state index contributed by atoms with van der Waals surface area (Å²) in [6, 6.07) is 11.1. The molecule has 5 heteroatoms. The predicted molar refractivity (Wildman–Crippen MR) is 102 cm³/mol. The molecule has 5 rings (SSSR count). The lowest BCUT2D eigenvalue weighted by molar-refractivity contribution is -0.0972. The minimum atomic E-state index is 0.353. The summed E-state index contributed by atoms with van der Waals surface area (Å²) in [5.74, 6) is 0. The van der Waals surface area contributed by atoms with Gasteiger partial charge in [0, 0.05) is 31.4 Å². The number of piperidine rings is 1. The minimum absolute atomic E-state index is 0.353. The molecule has 3 heterocycles. The van der Waals surface area contributed by atoms with Crippen LogP contribution < -0.4 is 0 Å². The van der Waals surface area contributed by atoms with Crippen molar-refractivity contribution in [2.75, 3.05) is 33.3 Å². The molecule has 3 aliphatic rings. The molecule has 5 nitrogen and oxygen atoms in total. The van der Waals surface area contributed by atoms with Gasteiger partial charge in [0.25, 0.3) is 0 Å². The first-order valence-electron chi connectivity index (χ1n) is 9.99. The summed E-state index contributed by atoms with van der Waals surface area (Å²) < 4.78 is 8.26. The molecule has 2 aliphatic heterocycles. The van der Waals surface area contributed by atoms with E-state index in [-0.39, 0.29) is 0 Å². The normalized spacial score (nSPS) is 27.7. The first-order valence-corrected chi connectivity index (χ1v) is 9.99. The van der Waals surface area contributed by atoms with Crippen LogP contribution in [0.5, 0.6) is 0 Å². The van der Waals surface area contributed by atoms with Gasteiger partial charge in [0.1, 0.15) is 0 Å². The Labute approximate surface area is 155 Å². The Hall–Kier alpha value is -1.69. The summed E-state index contributed by atoms with van der Waals surface area (Å²) in [7, 11) is 2.25. The van der Waals surface area contributed by atoms with Gasteiger partial charge in [-0.2, -0.15) is 5.10 Å². The van der Waals surface area contributed by atoms with Crippen molar-refractivity contribution in [1.82, 2.24) is 19.6 Å². The number of rotatable bonds is 4. The Kier molecular flexibility index (Phi) is 4.31. The van der Waals surface area contributed by atoms with Gasteiger partial charge in [0.2, 0.25) is 0 Å². The van der Waals surface area contributed by atoms with E-state index in [4.69, 9.17) is 9.84 Å². The molecule has 0 N–H and O–H groups in total. The van der Waals surface area contributed by atoms with Gasteiger partial charge < -0.3 is 4.74 Å². The predicted octanol–water partition coefficient (Wildman–Crippen LogP) is 2.27. The molecule has 2 bridgehead atoms. The van der Waals surface area contributed by atoms with Crippen molar-refractivity contribution in [2.24, 2.45) is 0 Å². The highest BCUT2D eigenvalue weighted by molar-refractivity contribution is 5.39. The van der Waals surface area contributed by atoms with Gasteiger partial charge in [-0.3, -0.25) is 9.80 Å². The fraction of sp³-hybridized carbons (Fsp3) is 0.571. The summed E-state index contributed by atoms with van der Waals surface area (Å²) >= 11 is 0. The van der Waals surface area contributed by atoms with E-state index in [1.807, 2.05) is 0 Å². The third-order valence-corrected chi connectivity index (χ3v) is 6.33. The number of nitrogens with zero attached hydrogens (tertiary/aromatic N) is 4. The monoisotopic (exact) mass is 352 g/mol. The molecule has 2 fully saturated rings. The van der Waals surface area contributed by atoms with E-state index in [9.17, 15) is 0 Å². The zero-order valence-corrected chi connectivity index (χ0v) is 15.6. The number of hydrogen-bond donors (Lipinski definition) is 0. The number of hydrogen-bond acceptors (Lipinski definition) is 4. The highest BCUT2D eigenvalue weighted by Gasteiger charge is 2.36. The molecule has 3 unspecified atom stereocenters. The summed E-state index contributed by atoms with van der Waals surface area (Å²) in [5.41, 5.74) is 5.36. The van der Waals surface area contributed by atoms with Gasteiger partial charge in [-0.1, -0.05) is 18.2 Å². The molecule has 2 aromatic rings. The Morgan fingerprint density at radius 2 is 2.08 bits per heavy atom. The number of ether oxygens (including phenoxy) is 1. The van der Waals surface area contributed by atoms with Gasteiger partial charge in [-0.15, -0.1) is 0 Å². The Morgan fingerprint density at radius 1 is 1.19 bits per heavy atom. The van der Waals surface area contributed by atoms with Crippen LogP contribution in [0.4, 0.5) is 0 Å². The van der Waals surface area contributed by atoms with Gasteiger partial charge >= 0.3 is 0 Å². The summed E-state index contributed by atoms with van der Waals surface area (Å²) in [6.07, 6.45) is 5.12. The molecule has 0 radical (unpaired) electrons. The van der Waals surface area contributed by atoms with Crippen LogP contribution in [0.25, 0.3) is 5.69 Å². The fourth-order valence-corrected chi connectivity index (χ4v) is 4.95. The standard InChI is InChI=1S/C21H28N4O/c1-23(20-10-11-24-12-13-26-21(20)15-24)14-18-17-8-5-9-19(17)25(22-18)16-6-3-2-4-7-16/h2-4,6-7,20-21H,5,8-15H2,1H3. The smallest absolute Gasteiger partial charge is 0.0857 e. The average Bonchev–Trinajstić information content (AvgIpc) is 3.27. The molecule has 26 heavy (non-hydrogen) atoms. The van der Waals surface area contributed by atoms with E-state index < -0.39 is 0 Å². The van der Waals surface area contributed by atoms with Crippen LogP contribution in [0.1, 0.15) is 29.8 Å². The second-order valence-corrected chi connectivity index (χ2v) is 7.95. The Bertz CT molecular complexity index is 772. The number of benzene rings is 1. The first-order chi connectivity index (χ1) is 12.8. The highest BCUT2D eigenvalue weighted by atomic mass is 16.5. The van der Waals surface area contributed by atoms with Crippen molar-refractivity contribution in [1.29, 1.82) is 0 Å². The topological polar surface area (TPSA) is 33.5 Å². The van der Waals surface area contributed by atoms with Gasteiger partial charge in [-0.25, -0.2) is 4.68 Å².